The molecule has 0 unspecified atom stereocenters. The first-order chi connectivity index (χ1) is 4.08. The number of rotatable bonds is 2. The van der Waals surface area contributed by atoms with Gasteiger partial charge in [-0.25, -0.2) is 0 Å². The second-order valence-corrected chi connectivity index (χ2v) is 4.19. The SMILES string of the molecule is CN[C@H](C)[C@H]1CC1(Cl)Cl. The Balaban J connectivity index is 2.33. The molecule has 0 aromatic carbocycles. The van der Waals surface area contributed by atoms with Gasteiger partial charge in [0.05, 0.1) is 0 Å². The Morgan fingerprint density at radius 1 is 1.67 bits per heavy atom. The summed E-state index contributed by atoms with van der Waals surface area (Å²) >= 11 is 11.6. The van der Waals surface area contributed by atoms with E-state index >= 15 is 0 Å². The van der Waals surface area contributed by atoms with Crippen molar-refractivity contribution in [1.82, 2.24) is 5.32 Å². The van der Waals surface area contributed by atoms with Crippen LogP contribution in [0.15, 0.2) is 0 Å². The molecule has 0 saturated heterocycles. The van der Waals surface area contributed by atoms with E-state index in [1.807, 2.05) is 7.05 Å². The van der Waals surface area contributed by atoms with E-state index in [4.69, 9.17) is 23.2 Å². The summed E-state index contributed by atoms with van der Waals surface area (Å²) in [4.78, 5) is 0. The summed E-state index contributed by atoms with van der Waals surface area (Å²) in [5.41, 5.74) is 0. The Morgan fingerprint density at radius 2 is 2.11 bits per heavy atom. The zero-order valence-electron chi connectivity index (χ0n) is 5.62. The molecule has 1 nitrogen and oxygen atoms in total. The topological polar surface area (TPSA) is 12.0 Å². The number of alkyl halides is 2. The van der Waals surface area contributed by atoms with Crippen molar-refractivity contribution >= 4 is 23.2 Å². The highest BCUT2D eigenvalue weighted by Gasteiger charge is 2.53. The Hall–Kier alpha value is 0.540. The normalized spacial score (nSPS) is 34.0. The van der Waals surface area contributed by atoms with E-state index < -0.39 is 4.33 Å². The second-order valence-electron chi connectivity index (χ2n) is 2.65. The van der Waals surface area contributed by atoms with Crippen molar-refractivity contribution in [2.75, 3.05) is 7.05 Å². The third kappa shape index (κ3) is 1.51. The molecule has 0 aliphatic heterocycles. The van der Waals surface area contributed by atoms with Gasteiger partial charge in [0, 0.05) is 12.0 Å². The van der Waals surface area contributed by atoms with E-state index in [1.165, 1.54) is 0 Å². The minimum absolute atomic E-state index is 0.428. The Bertz CT molecular complexity index is 114. The number of halogens is 2. The van der Waals surface area contributed by atoms with Gasteiger partial charge in [-0.15, -0.1) is 23.2 Å². The lowest BCUT2D eigenvalue weighted by Crippen LogP contribution is -2.25. The van der Waals surface area contributed by atoms with Gasteiger partial charge in [0.1, 0.15) is 4.33 Å². The maximum absolute atomic E-state index is 5.81. The molecule has 0 bridgehead atoms. The van der Waals surface area contributed by atoms with Gasteiger partial charge >= 0.3 is 0 Å². The van der Waals surface area contributed by atoms with Crippen LogP contribution in [-0.2, 0) is 0 Å². The fourth-order valence-electron chi connectivity index (χ4n) is 0.978. The Labute approximate surface area is 65.7 Å². The van der Waals surface area contributed by atoms with Crippen LogP contribution in [0, 0.1) is 5.92 Å². The summed E-state index contributed by atoms with van der Waals surface area (Å²) in [6.07, 6.45) is 0.929. The first kappa shape index (κ1) is 7.64. The molecule has 3 heteroatoms. The number of nitrogens with one attached hydrogen (secondary N) is 1. The van der Waals surface area contributed by atoms with Gasteiger partial charge in [-0.05, 0) is 20.4 Å². The van der Waals surface area contributed by atoms with Gasteiger partial charge < -0.3 is 5.32 Å². The van der Waals surface area contributed by atoms with Gasteiger partial charge in [-0.3, -0.25) is 0 Å². The first-order valence-corrected chi connectivity index (χ1v) is 3.88. The van der Waals surface area contributed by atoms with Crippen molar-refractivity contribution in [3.8, 4) is 0 Å². The van der Waals surface area contributed by atoms with Gasteiger partial charge in [-0.1, -0.05) is 0 Å². The lowest BCUT2D eigenvalue weighted by molar-refractivity contribution is 0.541. The van der Waals surface area contributed by atoms with Crippen molar-refractivity contribution in [3.63, 3.8) is 0 Å². The van der Waals surface area contributed by atoms with Crippen LogP contribution in [0.5, 0.6) is 0 Å². The molecule has 1 aliphatic carbocycles. The van der Waals surface area contributed by atoms with Crippen molar-refractivity contribution in [2.24, 2.45) is 5.92 Å². The quantitative estimate of drug-likeness (QED) is 0.619. The second kappa shape index (κ2) is 2.30. The zero-order valence-corrected chi connectivity index (χ0v) is 7.13. The molecule has 0 heterocycles. The summed E-state index contributed by atoms with van der Waals surface area (Å²) in [7, 11) is 1.92. The van der Waals surface area contributed by atoms with E-state index in [9.17, 15) is 0 Å². The molecule has 1 N–H and O–H groups in total. The third-order valence-corrected chi connectivity index (χ3v) is 2.80. The van der Waals surface area contributed by atoms with Crippen molar-refractivity contribution in [2.45, 2.75) is 23.7 Å². The minimum Gasteiger partial charge on any atom is -0.317 e. The lowest BCUT2D eigenvalue weighted by atomic mass is 10.2. The predicted molar refractivity (Wildman–Crippen MR) is 41.1 cm³/mol. The molecule has 1 fully saturated rings. The molecule has 1 rings (SSSR count). The molecule has 9 heavy (non-hydrogen) atoms. The van der Waals surface area contributed by atoms with Crippen molar-refractivity contribution in [3.05, 3.63) is 0 Å². The van der Waals surface area contributed by atoms with Crippen LogP contribution in [0.3, 0.4) is 0 Å². The van der Waals surface area contributed by atoms with Crippen LogP contribution in [0.25, 0.3) is 0 Å². The average molecular weight is 168 g/mol. The van der Waals surface area contributed by atoms with Crippen LogP contribution in [-0.4, -0.2) is 17.4 Å². The molecule has 0 spiro atoms. The highest BCUT2D eigenvalue weighted by molar-refractivity contribution is 6.50. The maximum Gasteiger partial charge on any atom is 0.123 e. The molecule has 1 saturated carbocycles. The van der Waals surface area contributed by atoms with Crippen LogP contribution >= 0.6 is 23.2 Å². The molecule has 2 atom stereocenters. The first-order valence-electron chi connectivity index (χ1n) is 3.13. The maximum atomic E-state index is 5.81. The zero-order chi connectivity index (χ0) is 7.07. The predicted octanol–water partition coefficient (Wildman–Crippen LogP) is 1.79. The van der Waals surface area contributed by atoms with E-state index in [2.05, 4.69) is 12.2 Å². The average Bonchev–Trinajstić information content (AvgIpc) is 2.38. The molecule has 0 aromatic rings. The minimum atomic E-state index is -0.428. The van der Waals surface area contributed by atoms with Crippen molar-refractivity contribution in [1.29, 1.82) is 0 Å². The molecule has 0 radical (unpaired) electrons. The number of hydrogen-bond acceptors (Lipinski definition) is 1. The Morgan fingerprint density at radius 3 is 2.22 bits per heavy atom. The lowest BCUT2D eigenvalue weighted by Gasteiger charge is -2.08. The molecule has 1 aliphatic rings. The van der Waals surface area contributed by atoms with E-state index in [-0.39, 0.29) is 0 Å². The Kier molecular flexibility index (Phi) is 1.95. The molecule has 54 valence electrons. The molecular formula is C6H11Cl2N. The monoisotopic (exact) mass is 167 g/mol. The van der Waals surface area contributed by atoms with E-state index in [0.717, 1.165) is 6.42 Å². The van der Waals surface area contributed by atoms with Gasteiger partial charge in [0.2, 0.25) is 0 Å². The highest BCUT2D eigenvalue weighted by atomic mass is 35.5. The summed E-state index contributed by atoms with van der Waals surface area (Å²) < 4.78 is -0.428. The van der Waals surface area contributed by atoms with Crippen molar-refractivity contribution < 1.29 is 0 Å². The molecular weight excluding hydrogens is 157 g/mol. The summed E-state index contributed by atoms with van der Waals surface area (Å²) in [5.74, 6) is 0.450. The standard InChI is InChI=1S/C6H11Cl2N/c1-4(9-2)5-3-6(5,7)8/h4-5,9H,3H2,1-2H3/t4-,5-/m1/s1. The number of hydrogen-bond donors (Lipinski definition) is 1. The summed E-state index contributed by atoms with van der Waals surface area (Å²) in [6, 6.07) is 0.444. The fraction of sp³-hybridized carbons (Fsp3) is 1.00. The fourth-order valence-corrected chi connectivity index (χ4v) is 1.69. The van der Waals surface area contributed by atoms with Gasteiger partial charge in [-0.2, -0.15) is 0 Å². The van der Waals surface area contributed by atoms with Crippen LogP contribution in [0.2, 0.25) is 0 Å². The highest BCUT2D eigenvalue weighted by Crippen LogP contribution is 2.54. The molecule has 0 aromatic heterocycles. The summed E-state index contributed by atoms with van der Waals surface area (Å²) in [5, 5.41) is 3.11. The van der Waals surface area contributed by atoms with E-state index in [1.54, 1.807) is 0 Å². The smallest absolute Gasteiger partial charge is 0.123 e. The van der Waals surface area contributed by atoms with Crippen LogP contribution < -0.4 is 5.32 Å². The summed E-state index contributed by atoms with van der Waals surface area (Å²) in [6.45, 7) is 2.09. The largest absolute Gasteiger partial charge is 0.317 e. The van der Waals surface area contributed by atoms with E-state index in [0.29, 0.717) is 12.0 Å². The van der Waals surface area contributed by atoms with Crippen LogP contribution in [0.1, 0.15) is 13.3 Å². The molecule has 0 amide bonds. The van der Waals surface area contributed by atoms with Crippen LogP contribution in [0.4, 0.5) is 0 Å². The third-order valence-electron chi connectivity index (χ3n) is 1.93. The van der Waals surface area contributed by atoms with Gasteiger partial charge in [0.25, 0.3) is 0 Å². The van der Waals surface area contributed by atoms with Gasteiger partial charge in [0.15, 0.2) is 0 Å².